The summed E-state index contributed by atoms with van der Waals surface area (Å²) in [5.41, 5.74) is 3.58. The van der Waals surface area contributed by atoms with Crippen molar-refractivity contribution in [2.24, 2.45) is 21.1 Å². The molecule has 2 rings (SSSR count). The number of nitrogens with zero attached hydrogens (tertiary/aromatic N) is 2. The first-order valence-corrected chi connectivity index (χ1v) is 9.14. The summed E-state index contributed by atoms with van der Waals surface area (Å²) in [6.45, 7) is 14.3. The second-order valence-electron chi connectivity index (χ2n) is 8.66. The van der Waals surface area contributed by atoms with Gasteiger partial charge in [-0.15, -0.1) is 0 Å². The maximum absolute atomic E-state index is 13.0. The minimum atomic E-state index is -0.235. The van der Waals surface area contributed by atoms with E-state index in [1.165, 1.54) is 0 Å². The van der Waals surface area contributed by atoms with Gasteiger partial charge < -0.3 is 0 Å². The molecular weight excluding hydrogens is 344 g/mol. The number of hydrogen-bond acceptors (Lipinski definition) is 3. The van der Waals surface area contributed by atoms with Gasteiger partial charge in [0.15, 0.2) is 5.78 Å². The first-order chi connectivity index (χ1) is 11.9. The van der Waals surface area contributed by atoms with Crippen LogP contribution < -0.4 is 0 Å². The highest BCUT2D eigenvalue weighted by Gasteiger charge is 2.34. The summed E-state index contributed by atoms with van der Waals surface area (Å²) in [5.74, 6) is 0.121. The van der Waals surface area contributed by atoms with E-state index in [1.807, 2.05) is 31.2 Å². The molecule has 1 aromatic carbocycles. The van der Waals surface area contributed by atoms with E-state index in [0.29, 0.717) is 5.02 Å². The van der Waals surface area contributed by atoms with Crippen molar-refractivity contribution in [1.29, 1.82) is 0 Å². The van der Waals surface area contributed by atoms with Gasteiger partial charge in [-0.05, 0) is 59.7 Å². The van der Waals surface area contributed by atoms with Crippen LogP contribution in [0.5, 0.6) is 0 Å². The quantitative estimate of drug-likeness (QED) is 0.506. The average Bonchev–Trinajstić information content (AvgIpc) is 2.52. The number of benzene rings is 1. The third-order valence-corrected chi connectivity index (χ3v) is 4.52. The number of carbonyl (C=O) groups is 1. The Kier molecular flexibility index (Phi) is 5.72. The maximum atomic E-state index is 13.0. The normalized spacial score (nSPS) is 16.0. The molecule has 3 nitrogen and oxygen atoms in total. The molecule has 0 N–H and O–H groups in total. The number of Topliss-reactive ketones (excluding diaryl/α,β-unsaturated/α-hetero) is 1. The molecule has 0 radical (unpaired) electrons. The highest BCUT2D eigenvalue weighted by molar-refractivity contribution is 6.30. The maximum Gasteiger partial charge on any atom is 0.186 e. The summed E-state index contributed by atoms with van der Waals surface area (Å²) < 4.78 is 0. The SMILES string of the molecule is CC(N=Nc1ccc(Cl)cc1)=C1C=C(C(C)(C)C)C(=O)C(C(C)(C)C)=C1. The fraction of sp³-hybridized carbons (Fsp3) is 0.409. The van der Waals surface area contributed by atoms with Crippen molar-refractivity contribution < 1.29 is 4.79 Å². The highest BCUT2D eigenvalue weighted by atomic mass is 35.5. The Bertz CT molecular complexity index is 790. The number of ketones is 1. The van der Waals surface area contributed by atoms with Crippen molar-refractivity contribution in [3.05, 3.63) is 63.9 Å². The van der Waals surface area contributed by atoms with E-state index in [-0.39, 0.29) is 16.6 Å². The third kappa shape index (κ3) is 4.79. The number of azo groups is 1. The summed E-state index contributed by atoms with van der Waals surface area (Å²) in [6, 6.07) is 7.21. The Morgan fingerprint density at radius 2 is 1.35 bits per heavy atom. The molecule has 0 fully saturated rings. The molecule has 0 aliphatic heterocycles. The van der Waals surface area contributed by atoms with Gasteiger partial charge in [-0.3, -0.25) is 4.79 Å². The Morgan fingerprint density at radius 1 is 0.885 bits per heavy atom. The molecule has 4 heteroatoms. The molecule has 0 amide bonds. The van der Waals surface area contributed by atoms with Gasteiger partial charge in [0.25, 0.3) is 0 Å². The van der Waals surface area contributed by atoms with Crippen LogP contribution in [0.2, 0.25) is 5.02 Å². The predicted molar refractivity (Wildman–Crippen MR) is 109 cm³/mol. The Morgan fingerprint density at radius 3 is 1.77 bits per heavy atom. The molecule has 0 unspecified atom stereocenters. The predicted octanol–water partition coefficient (Wildman–Crippen LogP) is 7.23. The van der Waals surface area contributed by atoms with Gasteiger partial charge in [0.1, 0.15) is 0 Å². The van der Waals surface area contributed by atoms with Crippen LogP contribution in [0, 0.1) is 10.8 Å². The van der Waals surface area contributed by atoms with E-state index < -0.39 is 0 Å². The van der Waals surface area contributed by atoms with Crippen LogP contribution in [-0.2, 0) is 4.79 Å². The fourth-order valence-electron chi connectivity index (χ4n) is 2.65. The van der Waals surface area contributed by atoms with E-state index in [4.69, 9.17) is 11.6 Å². The summed E-state index contributed by atoms with van der Waals surface area (Å²) >= 11 is 5.90. The van der Waals surface area contributed by atoms with Gasteiger partial charge in [0.2, 0.25) is 0 Å². The van der Waals surface area contributed by atoms with Crippen LogP contribution in [0.3, 0.4) is 0 Å². The van der Waals surface area contributed by atoms with Crippen molar-refractivity contribution >= 4 is 23.1 Å². The summed E-state index contributed by atoms with van der Waals surface area (Å²) in [6.07, 6.45) is 3.90. The molecule has 1 aliphatic carbocycles. The van der Waals surface area contributed by atoms with Gasteiger partial charge in [0.05, 0.1) is 11.4 Å². The molecule has 0 atom stereocenters. The van der Waals surface area contributed by atoms with Gasteiger partial charge in [-0.25, -0.2) is 0 Å². The van der Waals surface area contributed by atoms with Gasteiger partial charge >= 0.3 is 0 Å². The van der Waals surface area contributed by atoms with E-state index in [9.17, 15) is 4.79 Å². The molecule has 0 spiro atoms. The van der Waals surface area contributed by atoms with E-state index in [1.54, 1.807) is 12.1 Å². The zero-order valence-electron chi connectivity index (χ0n) is 16.6. The molecule has 1 aliphatic rings. The number of allylic oxidation sites excluding steroid dienone is 6. The van der Waals surface area contributed by atoms with Crippen LogP contribution in [0.1, 0.15) is 48.5 Å². The number of hydrogen-bond donors (Lipinski definition) is 0. The van der Waals surface area contributed by atoms with Crippen molar-refractivity contribution in [2.45, 2.75) is 48.5 Å². The van der Waals surface area contributed by atoms with Crippen molar-refractivity contribution in [2.75, 3.05) is 0 Å². The van der Waals surface area contributed by atoms with E-state index in [2.05, 4.69) is 51.8 Å². The van der Waals surface area contributed by atoms with E-state index in [0.717, 1.165) is 28.1 Å². The topological polar surface area (TPSA) is 41.8 Å². The fourth-order valence-corrected chi connectivity index (χ4v) is 2.78. The monoisotopic (exact) mass is 370 g/mol. The molecule has 0 heterocycles. The summed E-state index contributed by atoms with van der Waals surface area (Å²) in [7, 11) is 0. The number of halogens is 1. The largest absolute Gasteiger partial charge is 0.289 e. The van der Waals surface area contributed by atoms with Gasteiger partial charge in [-0.1, -0.05) is 53.1 Å². The second-order valence-corrected chi connectivity index (χ2v) is 9.10. The van der Waals surface area contributed by atoms with Gasteiger partial charge in [-0.2, -0.15) is 10.2 Å². The molecule has 0 saturated heterocycles. The Labute approximate surface area is 161 Å². The van der Waals surface area contributed by atoms with E-state index >= 15 is 0 Å². The van der Waals surface area contributed by atoms with Crippen LogP contribution in [0.4, 0.5) is 5.69 Å². The minimum absolute atomic E-state index is 0.121. The first-order valence-electron chi connectivity index (χ1n) is 8.77. The van der Waals surface area contributed by atoms with Crippen LogP contribution >= 0.6 is 11.6 Å². The van der Waals surface area contributed by atoms with Crippen molar-refractivity contribution in [1.82, 2.24) is 0 Å². The van der Waals surface area contributed by atoms with Gasteiger partial charge in [0, 0.05) is 16.2 Å². The molecule has 26 heavy (non-hydrogen) atoms. The standard InChI is InChI=1S/C22H27ClN2O/c1-14(24-25-17-10-8-16(23)9-11-17)15-12-18(21(2,3)4)20(26)19(13-15)22(5,6)7/h8-13H,1-7H3. The zero-order chi connectivity index (χ0) is 19.7. The molecule has 138 valence electrons. The average molecular weight is 371 g/mol. The lowest BCUT2D eigenvalue weighted by atomic mass is 9.72. The Balaban J connectivity index is 2.50. The molecule has 0 bridgehead atoms. The molecule has 0 aromatic heterocycles. The van der Waals surface area contributed by atoms with Crippen LogP contribution in [0.25, 0.3) is 0 Å². The molecule has 1 aromatic rings. The van der Waals surface area contributed by atoms with Crippen molar-refractivity contribution in [3.63, 3.8) is 0 Å². The number of carbonyl (C=O) groups excluding carboxylic acids is 1. The molecular formula is C22H27ClN2O. The van der Waals surface area contributed by atoms with Crippen molar-refractivity contribution in [3.8, 4) is 0 Å². The summed E-state index contributed by atoms with van der Waals surface area (Å²) in [4.78, 5) is 13.0. The smallest absolute Gasteiger partial charge is 0.186 e. The molecule has 0 saturated carbocycles. The Hall–Kier alpha value is -2.00. The minimum Gasteiger partial charge on any atom is -0.289 e. The first kappa shape index (κ1) is 20.3. The van der Waals surface area contributed by atoms with Crippen LogP contribution in [-0.4, -0.2) is 5.78 Å². The lowest BCUT2D eigenvalue weighted by molar-refractivity contribution is -0.114. The third-order valence-electron chi connectivity index (χ3n) is 4.26. The lowest BCUT2D eigenvalue weighted by Crippen LogP contribution is -2.28. The zero-order valence-corrected chi connectivity index (χ0v) is 17.4. The highest BCUT2D eigenvalue weighted by Crippen LogP contribution is 2.39. The van der Waals surface area contributed by atoms with Crippen LogP contribution in [0.15, 0.2) is 69.1 Å². The second kappa shape index (κ2) is 7.32. The summed E-state index contributed by atoms with van der Waals surface area (Å²) in [5, 5.41) is 9.31. The lowest BCUT2D eigenvalue weighted by Gasteiger charge is -2.31. The number of rotatable bonds is 2.